The largest absolute Gasteiger partial charge is 0.469 e. The van der Waals surface area contributed by atoms with Crippen LogP contribution < -0.4 is 0 Å². The van der Waals surface area contributed by atoms with Crippen molar-refractivity contribution in [3.8, 4) is 0 Å². The van der Waals surface area contributed by atoms with Crippen molar-refractivity contribution in [1.82, 2.24) is 4.90 Å². The Bertz CT molecular complexity index is 399. The minimum absolute atomic E-state index is 0.0360. The van der Waals surface area contributed by atoms with Crippen molar-refractivity contribution in [2.75, 3.05) is 13.7 Å². The topological polar surface area (TPSA) is 46.6 Å². The number of halogens is 2. The molecule has 2 aliphatic rings. The van der Waals surface area contributed by atoms with Gasteiger partial charge in [0, 0.05) is 12.6 Å². The second-order valence-electron chi connectivity index (χ2n) is 5.64. The van der Waals surface area contributed by atoms with Gasteiger partial charge in [0.1, 0.15) is 4.33 Å². The van der Waals surface area contributed by atoms with E-state index in [1.54, 1.807) is 11.8 Å². The first-order chi connectivity index (χ1) is 8.82. The lowest BCUT2D eigenvalue weighted by molar-refractivity contribution is -0.146. The summed E-state index contributed by atoms with van der Waals surface area (Å²) in [7, 11) is 1.36. The van der Waals surface area contributed by atoms with Crippen molar-refractivity contribution in [3.63, 3.8) is 0 Å². The van der Waals surface area contributed by atoms with Gasteiger partial charge in [-0.15, -0.1) is 23.2 Å². The standard InChI is InChI=1S/C13H19Cl2NO3/c1-12(8-13(12,14)15)11(18)16-6-4-3-5-9(16)7-10(17)19-2/h9H,3-8H2,1-2H3/t9-,12+/m0/s1. The molecule has 0 aromatic carbocycles. The average Bonchev–Trinajstić information content (AvgIpc) is 2.89. The monoisotopic (exact) mass is 307 g/mol. The first-order valence-electron chi connectivity index (χ1n) is 6.57. The summed E-state index contributed by atoms with van der Waals surface area (Å²) >= 11 is 12.1. The highest BCUT2D eigenvalue weighted by molar-refractivity contribution is 6.53. The lowest BCUT2D eigenvalue weighted by Crippen LogP contribution is -2.48. The van der Waals surface area contributed by atoms with Gasteiger partial charge < -0.3 is 9.64 Å². The van der Waals surface area contributed by atoms with Gasteiger partial charge >= 0.3 is 5.97 Å². The lowest BCUT2D eigenvalue weighted by Gasteiger charge is -2.37. The molecule has 0 unspecified atom stereocenters. The predicted octanol–water partition coefficient (Wildman–Crippen LogP) is 2.51. The smallest absolute Gasteiger partial charge is 0.307 e. The Balaban J connectivity index is 2.08. The van der Waals surface area contributed by atoms with Gasteiger partial charge in [0.2, 0.25) is 5.91 Å². The molecule has 2 fully saturated rings. The van der Waals surface area contributed by atoms with Crippen molar-refractivity contribution in [3.05, 3.63) is 0 Å². The molecule has 1 saturated heterocycles. The molecule has 1 aliphatic carbocycles. The van der Waals surface area contributed by atoms with E-state index in [9.17, 15) is 9.59 Å². The van der Waals surface area contributed by atoms with E-state index in [1.807, 2.05) is 0 Å². The molecule has 19 heavy (non-hydrogen) atoms. The zero-order chi connectivity index (χ0) is 14.3. The number of carbonyl (C=O) groups excluding carboxylic acids is 2. The average molecular weight is 308 g/mol. The van der Waals surface area contributed by atoms with Crippen molar-refractivity contribution < 1.29 is 14.3 Å². The Kier molecular flexibility index (Phi) is 4.03. The molecule has 1 amide bonds. The SMILES string of the molecule is COC(=O)C[C@@H]1CCCCN1C(=O)[C@@]1(C)CC1(Cl)Cl. The molecule has 0 aromatic heterocycles. The van der Waals surface area contributed by atoms with Crippen LogP contribution in [-0.2, 0) is 14.3 Å². The number of likely N-dealkylation sites (tertiary alicyclic amines) is 1. The normalized spacial score (nSPS) is 32.8. The Morgan fingerprint density at radius 2 is 2.00 bits per heavy atom. The predicted molar refractivity (Wildman–Crippen MR) is 73.1 cm³/mol. The van der Waals surface area contributed by atoms with Crippen molar-refractivity contribution >= 4 is 35.1 Å². The van der Waals surface area contributed by atoms with Crippen LogP contribution in [0.4, 0.5) is 0 Å². The molecule has 0 radical (unpaired) electrons. The fraction of sp³-hybridized carbons (Fsp3) is 0.846. The van der Waals surface area contributed by atoms with Crippen LogP contribution in [0.1, 0.15) is 39.0 Å². The molecule has 2 rings (SSSR count). The minimum atomic E-state index is -0.961. The fourth-order valence-corrected chi connectivity index (χ4v) is 3.40. The molecule has 6 heteroatoms. The number of esters is 1. The summed E-state index contributed by atoms with van der Waals surface area (Å²) in [5, 5.41) is 0. The van der Waals surface area contributed by atoms with E-state index < -0.39 is 9.75 Å². The summed E-state index contributed by atoms with van der Waals surface area (Å²) in [6, 6.07) is -0.0877. The number of hydrogen-bond acceptors (Lipinski definition) is 3. The molecular weight excluding hydrogens is 289 g/mol. The Morgan fingerprint density at radius 1 is 1.37 bits per heavy atom. The van der Waals surface area contributed by atoms with E-state index in [2.05, 4.69) is 0 Å². The van der Waals surface area contributed by atoms with Gasteiger partial charge in [-0.2, -0.15) is 0 Å². The molecule has 1 saturated carbocycles. The summed E-state index contributed by atoms with van der Waals surface area (Å²) < 4.78 is 3.73. The highest BCUT2D eigenvalue weighted by atomic mass is 35.5. The van der Waals surface area contributed by atoms with Crippen LogP contribution in [0.3, 0.4) is 0 Å². The second kappa shape index (κ2) is 5.13. The van der Waals surface area contributed by atoms with Crippen LogP contribution in [0.25, 0.3) is 0 Å². The van der Waals surface area contributed by atoms with Crippen molar-refractivity contribution in [1.29, 1.82) is 0 Å². The van der Waals surface area contributed by atoms with Crippen LogP contribution in [0, 0.1) is 5.41 Å². The van der Waals surface area contributed by atoms with Crippen LogP contribution in [-0.4, -0.2) is 40.8 Å². The highest BCUT2D eigenvalue weighted by Crippen LogP contribution is 2.64. The van der Waals surface area contributed by atoms with Gasteiger partial charge in [-0.3, -0.25) is 9.59 Å². The lowest BCUT2D eigenvalue weighted by atomic mass is 9.96. The molecule has 0 bridgehead atoms. The number of methoxy groups -OCH3 is 1. The molecule has 0 aromatic rings. The summed E-state index contributed by atoms with van der Waals surface area (Å²) in [4.78, 5) is 25.8. The van der Waals surface area contributed by atoms with Crippen LogP contribution >= 0.6 is 23.2 Å². The number of ether oxygens (including phenoxy) is 1. The van der Waals surface area contributed by atoms with Crippen molar-refractivity contribution in [2.45, 2.75) is 49.4 Å². The van der Waals surface area contributed by atoms with Gasteiger partial charge in [-0.25, -0.2) is 0 Å². The van der Waals surface area contributed by atoms with E-state index in [1.165, 1.54) is 7.11 Å². The number of nitrogens with zero attached hydrogens (tertiary/aromatic N) is 1. The molecule has 108 valence electrons. The maximum Gasteiger partial charge on any atom is 0.307 e. The van der Waals surface area contributed by atoms with E-state index in [0.29, 0.717) is 13.0 Å². The number of carbonyl (C=O) groups is 2. The van der Waals surface area contributed by atoms with Gasteiger partial charge in [0.25, 0.3) is 0 Å². The van der Waals surface area contributed by atoms with E-state index >= 15 is 0 Å². The van der Waals surface area contributed by atoms with E-state index in [-0.39, 0.29) is 24.3 Å². The molecule has 0 spiro atoms. The summed E-state index contributed by atoms with van der Waals surface area (Å²) in [6.45, 7) is 2.46. The first-order valence-corrected chi connectivity index (χ1v) is 7.33. The number of rotatable bonds is 3. The van der Waals surface area contributed by atoms with Gasteiger partial charge in [0.05, 0.1) is 18.9 Å². The fourth-order valence-electron chi connectivity index (χ4n) is 2.70. The molecular formula is C13H19Cl2NO3. The third-order valence-corrected chi connectivity index (χ3v) is 5.35. The number of piperidine rings is 1. The van der Waals surface area contributed by atoms with Gasteiger partial charge in [0.15, 0.2) is 0 Å². The third kappa shape index (κ3) is 2.70. The number of alkyl halides is 2. The maximum absolute atomic E-state index is 12.6. The van der Waals surface area contributed by atoms with Crippen molar-refractivity contribution in [2.24, 2.45) is 5.41 Å². The molecule has 0 N–H and O–H groups in total. The van der Waals surface area contributed by atoms with Crippen LogP contribution in [0.5, 0.6) is 0 Å². The van der Waals surface area contributed by atoms with Crippen LogP contribution in [0.15, 0.2) is 0 Å². The van der Waals surface area contributed by atoms with E-state index in [4.69, 9.17) is 27.9 Å². The first kappa shape index (κ1) is 14.9. The van der Waals surface area contributed by atoms with E-state index in [0.717, 1.165) is 19.3 Å². The molecule has 4 nitrogen and oxygen atoms in total. The Morgan fingerprint density at radius 3 is 2.53 bits per heavy atom. The molecule has 2 atom stereocenters. The van der Waals surface area contributed by atoms with Gasteiger partial charge in [-0.1, -0.05) is 0 Å². The molecule has 1 aliphatic heterocycles. The molecule has 1 heterocycles. The maximum atomic E-state index is 12.6. The zero-order valence-corrected chi connectivity index (χ0v) is 12.8. The summed E-state index contributed by atoms with van der Waals surface area (Å²) in [6.07, 6.45) is 3.53. The number of hydrogen-bond donors (Lipinski definition) is 0. The minimum Gasteiger partial charge on any atom is -0.469 e. The quantitative estimate of drug-likeness (QED) is 0.594. The highest BCUT2D eigenvalue weighted by Gasteiger charge is 2.69. The van der Waals surface area contributed by atoms with Crippen LogP contribution in [0.2, 0.25) is 0 Å². The zero-order valence-electron chi connectivity index (χ0n) is 11.2. The summed E-state index contributed by atoms with van der Waals surface area (Å²) in [5.41, 5.74) is -0.707. The Hall–Kier alpha value is -0.480. The Labute approximate surface area is 123 Å². The number of amides is 1. The third-order valence-electron chi connectivity index (χ3n) is 4.25. The van der Waals surface area contributed by atoms with Gasteiger partial charge in [-0.05, 0) is 32.6 Å². The summed E-state index contributed by atoms with van der Waals surface area (Å²) in [5.74, 6) is -0.320. The second-order valence-corrected chi connectivity index (χ2v) is 7.13.